The summed E-state index contributed by atoms with van der Waals surface area (Å²) in [5.74, 6) is -1.87. The first kappa shape index (κ1) is 23.3. The third kappa shape index (κ3) is 2.78. The molecule has 3 aliphatic carbocycles. The van der Waals surface area contributed by atoms with Crippen molar-refractivity contribution in [2.45, 2.75) is 90.3 Å². The molecule has 1 heterocycles. The van der Waals surface area contributed by atoms with Crippen molar-refractivity contribution in [3.8, 4) is 0 Å². The highest BCUT2D eigenvalue weighted by Crippen LogP contribution is 2.68. The summed E-state index contributed by atoms with van der Waals surface area (Å²) in [4.78, 5) is 24.2. The van der Waals surface area contributed by atoms with Gasteiger partial charge in [-0.1, -0.05) is 20.8 Å². The molecule has 4 rings (SSSR count). The van der Waals surface area contributed by atoms with Gasteiger partial charge in [-0.3, -0.25) is 9.59 Å². The van der Waals surface area contributed by atoms with Crippen molar-refractivity contribution in [3.05, 3.63) is 23.7 Å². The molecule has 0 radical (unpaired) electrons. The van der Waals surface area contributed by atoms with Crippen LogP contribution < -0.4 is 0 Å². The fraction of sp³-hybridized carbons (Fsp3) is 0.750. The number of carbonyl (C=O) groups is 2. The third-order valence-corrected chi connectivity index (χ3v) is 8.79. The summed E-state index contributed by atoms with van der Waals surface area (Å²) in [6.45, 7) is 9.73. The lowest BCUT2D eigenvalue weighted by molar-refractivity contribution is -0.350. The summed E-state index contributed by atoms with van der Waals surface area (Å²) in [7, 11) is 0. The number of fused-ring (bicyclic) bond motifs is 4. The van der Waals surface area contributed by atoms with Crippen LogP contribution in [0.2, 0.25) is 0 Å². The summed E-state index contributed by atoms with van der Waals surface area (Å²) >= 11 is 0. The van der Waals surface area contributed by atoms with E-state index in [4.69, 9.17) is 13.9 Å². The summed E-state index contributed by atoms with van der Waals surface area (Å²) in [6, 6.07) is 1.68. The number of rotatable bonds is 2. The van der Waals surface area contributed by atoms with Crippen LogP contribution in [0.15, 0.2) is 16.7 Å². The van der Waals surface area contributed by atoms with E-state index in [0.29, 0.717) is 30.6 Å². The van der Waals surface area contributed by atoms with Crippen molar-refractivity contribution < 1.29 is 38.8 Å². The van der Waals surface area contributed by atoms with Gasteiger partial charge in [0.2, 0.25) is 0 Å². The van der Waals surface area contributed by atoms with Crippen molar-refractivity contribution >= 4 is 11.9 Å². The van der Waals surface area contributed by atoms with Crippen molar-refractivity contribution in [3.63, 3.8) is 0 Å². The Kier molecular flexibility index (Phi) is 5.12. The molecule has 3 aliphatic rings. The van der Waals surface area contributed by atoms with Gasteiger partial charge >= 0.3 is 11.9 Å². The molecule has 0 aliphatic heterocycles. The second-order valence-corrected chi connectivity index (χ2v) is 10.8. The maximum Gasteiger partial charge on any atom is 0.303 e. The highest BCUT2D eigenvalue weighted by Gasteiger charge is 2.77. The first-order chi connectivity index (χ1) is 14.7. The minimum atomic E-state index is -1.75. The molecule has 0 spiro atoms. The fourth-order valence-electron chi connectivity index (χ4n) is 7.32. The number of esters is 2. The second-order valence-electron chi connectivity index (χ2n) is 10.8. The predicted molar refractivity (Wildman–Crippen MR) is 112 cm³/mol. The number of hydrogen-bond donors (Lipinski definition) is 3. The van der Waals surface area contributed by atoms with Gasteiger partial charge in [0.25, 0.3) is 0 Å². The molecular formula is C24H34O8. The van der Waals surface area contributed by atoms with Gasteiger partial charge in [-0.25, -0.2) is 0 Å². The first-order valence-electron chi connectivity index (χ1n) is 11.2. The number of ether oxygens (including phenoxy) is 2. The quantitative estimate of drug-likeness (QED) is 0.585. The minimum Gasteiger partial charge on any atom is -0.469 e. The number of hydrogen-bond acceptors (Lipinski definition) is 8. The molecule has 1 aromatic heterocycles. The summed E-state index contributed by atoms with van der Waals surface area (Å²) in [5, 5.41) is 35.8. The Morgan fingerprint density at radius 3 is 2.31 bits per heavy atom. The zero-order chi connectivity index (χ0) is 23.9. The lowest BCUT2D eigenvalue weighted by Gasteiger charge is -2.70. The highest BCUT2D eigenvalue weighted by molar-refractivity contribution is 5.67. The van der Waals surface area contributed by atoms with E-state index in [0.717, 1.165) is 0 Å². The molecule has 8 atom stereocenters. The second kappa shape index (κ2) is 7.05. The van der Waals surface area contributed by atoms with Gasteiger partial charge in [0.05, 0.1) is 11.9 Å². The summed E-state index contributed by atoms with van der Waals surface area (Å²) < 4.78 is 17.1. The Hall–Kier alpha value is -1.90. The number of aliphatic hydroxyl groups is 3. The molecule has 32 heavy (non-hydrogen) atoms. The molecule has 0 amide bonds. The lowest BCUT2D eigenvalue weighted by Crippen LogP contribution is -2.81. The van der Waals surface area contributed by atoms with Gasteiger partial charge in [-0.05, 0) is 37.2 Å². The van der Waals surface area contributed by atoms with E-state index in [9.17, 15) is 24.9 Å². The minimum absolute atomic E-state index is 0.333. The SMILES string of the molecule is CC(=O)O[C@H]1CCC(C)(C)[C@]2(O)[C@@H](OC(C)=O)[C@H](O)C3C(Cc4occc4[C@@]3(C)O)[C@@]12C. The Bertz CT molecular complexity index is 932. The van der Waals surface area contributed by atoms with Gasteiger partial charge in [0.15, 0.2) is 6.10 Å². The van der Waals surface area contributed by atoms with Crippen molar-refractivity contribution in [1.82, 2.24) is 0 Å². The van der Waals surface area contributed by atoms with Gasteiger partial charge < -0.3 is 29.2 Å². The average Bonchev–Trinajstić information content (AvgIpc) is 3.14. The number of aliphatic hydroxyl groups excluding tert-OH is 1. The standard InChI is InChI=1S/C24H34O8/c1-12(25)31-17-7-9-21(3,4)24(29)20(32-13(2)26)19(27)18-15(22(17,24)5)11-16-14(8-10-30-16)23(18,6)28/h8,10,15,17-20,27-29H,7,9,11H2,1-6H3/t15?,17-,18?,19+,20-,22-,23+,24+/m0/s1. The van der Waals surface area contributed by atoms with Crippen molar-refractivity contribution in [2.24, 2.45) is 22.7 Å². The zero-order valence-corrected chi connectivity index (χ0v) is 19.5. The maximum absolute atomic E-state index is 12.5. The smallest absolute Gasteiger partial charge is 0.303 e. The van der Waals surface area contributed by atoms with Crippen LogP contribution in [0.25, 0.3) is 0 Å². The summed E-state index contributed by atoms with van der Waals surface area (Å²) in [6.07, 6.45) is -0.570. The largest absolute Gasteiger partial charge is 0.469 e. The molecule has 3 N–H and O–H groups in total. The molecule has 2 unspecified atom stereocenters. The van der Waals surface area contributed by atoms with Crippen molar-refractivity contribution in [1.29, 1.82) is 0 Å². The topological polar surface area (TPSA) is 126 Å². The summed E-state index contributed by atoms with van der Waals surface area (Å²) in [5.41, 5.74) is -4.65. The molecule has 8 nitrogen and oxygen atoms in total. The Morgan fingerprint density at radius 2 is 1.72 bits per heavy atom. The molecule has 1 aromatic rings. The van der Waals surface area contributed by atoms with E-state index in [1.165, 1.54) is 20.1 Å². The van der Waals surface area contributed by atoms with Crippen LogP contribution in [0.4, 0.5) is 0 Å². The van der Waals surface area contributed by atoms with E-state index in [2.05, 4.69) is 0 Å². The Morgan fingerprint density at radius 1 is 1.09 bits per heavy atom. The van der Waals surface area contributed by atoms with Crippen LogP contribution in [0.3, 0.4) is 0 Å². The fourth-order valence-corrected chi connectivity index (χ4v) is 7.32. The van der Waals surface area contributed by atoms with E-state index < -0.39 is 64.1 Å². The van der Waals surface area contributed by atoms with E-state index in [1.54, 1.807) is 13.0 Å². The van der Waals surface area contributed by atoms with Crippen LogP contribution >= 0.6 is 0 Å². The molecule has 2 fully saturated rings. The van der Waals surface area contributed by atoms with Gasteiger partial charge in [0, 0.05) is 37.2 Å². The third-order valence-electron chi connectivity index (χ3n) is 8.79. The van der Waals surface area contributed by atoms with E-state index in [1.807, 2.05) is 20.8 Å². The molecule has 2 saturated carbocycles. The maximum atomic E-state index is 12.5. The van der Waals surface area contributed by atoms with Crippen LogP contribution in [0, 0.1) is 22.7 Å². The van der Waals surface area contributed by atoms with Crippen LogP contribution in [0.1, 0.15) is 65.7 Å². The predicted octanol–water partition coefficient (Wildman–Crippen LogP) is 2.07. The lowest BCUT2D eigenvalue weighted by atomic mass is 9.38. The number of carbonyl (C=O) groups excluding carboxylic acids is 2. The molecule has 0 bridgehead atoms. The normalized spacial score (nSPS) is 44.6. The van der Waals surface area contributed by atoms with Crippen molar-refractivity contribution in [2.75, 3.05) is 0 Å². The molecule has 0 saturated heterocycles. The van der Waals surface area contributed by atoms with Gasteiger partial charge in [0.1, 0.15) is 23.6 Å². The van der Waals surface area contributed by atoms with Gasteiger partial charge in [-0.15, -0.1) is 0 Å². The number of furan rings is 1. The Labute approximate surface area is 187 Å². The Balaban J connectivity index is 2.00. The monoisotopic (exact) mass is 450 g/mol. The highest BCUT2D eigenvalue weighted by atomic mass is 16.6. The van der Waals surface area contributed by atoms with Gasteiger partial charge in [-0.2, -0.15) is 0 Å². The average molecular weight is 451 g/mol. The van der Waals surface area contributed by atoms with E-state index >= 15 is 0 Å². The molecule has 8 heteroatoms. The molecular weight excluding hydrogens is 416 g/mol. The molecule has 178 valence electrons. The molecule has 0 aromatic carbocycles. The van der Waals surface area contributed by atoms with Crippen LogP contribution in [-0.4, -0.2) is 51.2 Å². The first-order valence-corrected chi connectivity index (χ1v) is 11.2. The van der Waals surface area contributed by atoms with Crippen LogP contribution in [-0.2, 0) is 31.1 Å². The van der Waals surface area contributed by atoms with Crippen LogP contribution in [0.5, 0.6) is 0 Å². The zero-order valence-electron chi connectivity index (χ0n) is 19.5. The van der Waals surface area contributed by atoms with E-state index in [-0.39, 0.29) is 0 Å².